The molecule has 1 rings (SSSR count). The van der Waals surface area contributed by atoms with E-state index in [1.54, 1.807) is 0 Å². The van der Waals surface area contributed by atoms with E-state index >= 15 is 0 Å². The zero-order valence-corrected chi connectivity index (χ0v) is 19.6. The van der Waals surface area contributed by atoms with Crippen LogP contribution in [0.5, 0.6) is 0 Å². The summed E-state index contributed by atoms with van der Waals surface area (Å²) in [4.78, 5) is 51.8. The number of guanidine groups is 1. The Labute approximate surface area is 190 Å². The van der Waals surface area contributed by atoms with Crippen LogP contribution in [0, 0.1) is 11.3 Å². The largest absolute Gasteiger partial charge is 0.370 e. The first-order valence-corrected chi connectivity index (χ1v) is 11.3. The maximum absolute atomic E-state index is 13.4. The van der Waals surface area contributed by atoms with Crippen LogP contribution in [0.15, 0.2) is 0 Å². The zero-order valence-electron chi connectivity index (χ0n) is 19.6. The molecule has 182 valence electrons. The molecule has 32 heavy (non-hydrogen) atoms. The van der Waals surface area contributed by atoms with E-state index in [0.29, 0.717) is 51.7 Å². The number of hydrogen-bond donors (Lipinski definition) is 6. The molecule has 0 spiro atoms. The molecule has 3 atom stereocenters. The van der Waals surface area contributed by atoms with Gasteiger partial charge in [-0.05, 0) is 44.9 Å². The summed E-state index contributed by atoms with van der Waals surface area (Å²) in [6, 6.07) is -2.16. The van der Waals surface area contributed by atoms with Crippen LogP contribution < -0.4 is 27.0 Å². The van der Waals surface area contributed by atoms with E-state index < -0.39 is 24.0 Å². The molecule has 0 radical (unpaired) electrons. The van der Waals surface area contributed by atoms with Crippen molar-refractivity contribution in [1.82, 2.24) is 26.2 Å². The Morgan fingerprint density at radius 2 is 1.81 bits per heavy atom. The Hall–Kier alpha value is -2.85. The Morgan fingerprint density at radius 3 is 2.38 bits per heavy atom. The number of likely N-dealkylation sites (N-methyl/N-ethyl adjacent to an activating group) is 1. The van der Waals surface area contributed by atoms with Crippen LogP contribution in [0.3, 0.4) is 0 Å². The molecule has 1 aliphatic heterocycles. The quantitative estimate of drug-likeness (QED) is 0.131. The second-order valence-corrected chi connectivity index (χ2v) is 8.51. The Morgan fingerprint density at radius 1 is 1.12 bits per heavy atom. The van der Waals surface area contributed by atoms with Crippen molar-refractivity contribution in [3.63, 3.8) is 0 Å². The average Bonchev–Trinajstić information content (AvgIpc) is 3.18. The number of hydrogen-bond acceptors (Lipinski definition) is 5. The molecule has 1 saturated heterocycles. The molecule has 11 heteroatoms. The zero-order chi connectivity index (χ0) is 24.3. The van der Waals surface area contributed by atoms with Gasteiger partial charge in [-0.25, -0.2) is 0 Å². The third-order valence-electron chi connectivity index (χ3n) is 5.19. The van der Waals surface area contributed by atoms with Gasteiger partial charge in [0.15, 0.2) is 5.96 Å². The van der Waals surface area contributed by atoms with Crippen molar-refractivity contribution >= 4 is 29.6 Å². The predicted octanol–water partition coefficient (Wildman–Crippen LogP) is -0.588. The van der Waals surface area contributed by atoms with Gasteiger partial charge in [0.05, 0.1) is 0 Å². The minimum absolute atomic E-state index is 0.159. The molecule has 0 aromatic heterocycles. The van der Waals surface area contributed by atoms with Gasteiger partial charge in [0.1, 0.15) is 18.1 Å². The molecule has 7 N–H and O–H groups in total. The van der Waals surface area contributed by atoms with E-state index in [1.165, 1.54) is 11.8 Å². The molecule has 0 bridgehead atoms. The molecule has 0 saturated carbocycles. The maximum atomic E-state index is 13.4. The molecule has 1 fully saturated rings. The van der Waals surface area contributed by atoms with Gasteiger partial charge in [0.2, 0.25) is 23.6 Å². The van der Waals surface area contributed by atoms with Crippen LogP contribution in [0.1, 0.15) is 59.8 Å². The highest BCUT2D eigenvalue weighted by molar-refractivity contribution is 5.94. The number of nitrogens with one attached hydrogen (secondary N) is 5. The van der Waals surface area contributed by atoms with Gasteiger partial charge < -0.3 is 31.9 Å². The summed E-state index contributed by atoms with van der Waals surface area (Å²) in [6.07, 6.45) is 2.50. The Bertz CT molecular complexity index is 683. The summed E-state index contributed by atoms with van der Waals surface area (Å²) in [5.74, 6) is -1.28. The molecule has 4 amide bonds. The van der Waals surface area contributed by atoms with E-state index in [9.17, 15) is 19.2 Å². The summed E-state index contributed by atoms with van der Waals surface area (Å²) < 4.78 is 0. The number of nitrogens with two attached hydrogens (primary N) is 1. The van der Waals surface area contributed by atoms with Crippen molar-refractivity contribution in [2.75, 3.05) is 19.6 Å². The highest BCUT2D eigenvalue weighted by atomic mass is 16.2. The maximum Gasteiger partial charge on any atom is 0.245 e. The van der Waals surface area contributed by atoms with E-state index in [4.69, 9.17) is 11.1 Å². The second kappa shape index (κ2) is 13.5. The molecule has 0 unspecified atom stereocenters. The SMILES string of the molecule is CCNC(=O)[C@@H]1CCCN1C(=O)[C@H](CCCNC(=N)N)NC(=O)[C@H](CC(C)C)NC(C)=O. The smallest absolute Gasteiger partial charge is 0.245 e. The first kappa shape index (κ1) is 27.2. The summed E-state index contributed by atoms with van der Waals surface area (Å²) in [5, 5.41) is 18.1. The Kier molecular flexibility index (Phi) is 11.5. The third-order valence-corrected chi connectivity index (χ3v) is 5.19. The van der Waals surface area contributed by atoms with Crippen molar-refractivity contribution in [2.45, 2.75) is 77.9 Å². The number of amides is 4. The molecular weight excluding hydrogens is 414 g/mol. The van der Waals surface area contributed by atoms with Gasteiger partial charge in [0.25, 0.3) is 0 Å². The lowest BCUT2D eigenvalue weighted by Gasteiger charge is -2.30. The van der Waals surface area contributed by atoms with Crippen molar-refractivity contribution in [3.8, 4) is 0 Å². The standard InChI is InChI=1S/C21H39N7O4/c1-5-24-19(31)17-9-7-11-28(17)20(32)15(8-6-10-25-21(22)23)27-18(30)16(12-13(2)3)26-14(4)29/h13,15-17H,5-12H2,1-4H3,(H,24,31)(H,26,29)(H,27,30)(H4,22,23,25)/t15-,16-,17-/m0/s1. The highest BCUT2D eigenvalue weighted by Gasteiger charge is 2.38. The lowest BCUT2D eigenvalue weighted by Crippen LogP contribution is -2.56. The van der Waals surface area contributed by atoms with Crippen LogP contribution in [-0.2, 0) is 19.2 Å². The summed E-state index contributed by atoms with van der Waals surface area (Å²) >= 11 is 0. The molecule has 0 aromatic rings. The molecule has 1 aliphatic rings. The lowest BCUT2D eigenvalue weighted by molar-refractivity contribution is -0.142. The molecule has 11 nitrogen and oxygen atoms in total. The summed E-state index contributed by atoms with van der Waals surface area (Å²) in [5.41, 5.74) is 5.30. The first-order chi connectivity index (χ1) is 15.1. The monoisotopic (exact) mass is 453 g/mol. The van der Waals surface area contributed by atoms with Crippen LogP contribution in [0.25, 0.3) is 0 Å². The fourth-order valence-electron chi connectivity index (χ4n) is 3.80. The molecular formula is C21H39N7O4. The van der Waals surface area contributed by atoms with Crippen molar-refractivity contribution in [1.29, 1.82) is 5.41 Å². The van der Waals surface area contributed by atoms with Crippen molar-refractivity contribution < 1.29 is 19.2 Å². The van der Waals surface area contributed by atoms with Crippen LogP contribution in [0.4, 0.5) is 0 Å². The van der Waals surface area contributed by atoms with E-state index in [1.807, 2.05) is 20.8 Å². The van der Waals surface area contributed by atoms with Crippen LogP contribution >= 0.6 is 0 Å². The van der Waals surface area contributed by atoms with Crippen LogP contribution in [-0.4, -0.2) is 72.2 Å². The van der Waals surface area contributed by atoms with Gasteiger partial charge in [-0.1, -0.05) is 13.8 Å². The fraction of sp³-hybridized carbons (Fsp3) is 0.762. The lowest BCUT2D eigenvalue weighted by atomic mass is 10.0. The number of rotatable bonds is 12. The number of likely N-dealkylation sites (tertiary alicyclic amines) is 1. The van der Waals surface area contributed by atoms with Gasteiger partial charge in [-0.2, -0.15) is 0 Å². The van der Waals surface area contributed by atoms with E-state index in [-0.39, 0.29) is 29.6 Å². The van der Waals surface area contributed by atoms with E-state index in [2.05, 4.69) is 21.3 Å². The number of nitrogens with zero attached hydrogens (tertiary/aromatic N) is 1. The first-order valence-electron chi connectivity index (χ1n) is 11.3. The normalized spacial score (nSPS) is 17.4. The topological polar surface area (TPSA) is 170 Å². The third kappa shape index (κ3) is 9.11. The molecule has 0 aliphatic carbocycles. The van der Waals surface area contributed by atoms with Crippen molar-refractivity contribution in [3.05, 3.63) is 0 Å². The number of carbonyl (C=O) groups excluding carboxylic acids is 4. The Balaban J connectivity index is 2.98. The van der Waals surface area contributed by atoms with Gasteiger partial charge >= 0.3 is 0 Å². The van der Waals surface area contributed by atoms with Gasteiger partial charge in [-0.15, -0.1) is 0 Å². The second-order valence-electron chi connectivity index (χ2n) is 8.51. The minimum Gasteiger partial charge on any atom is -0.370 e. The van der Waals surface area contributed by atoms with Gasteiger partial charge in [-0.3, -0.25) is 24.6 Å². The minimum atomic E-state index is -0.852. The van der Waals surface area contributed by atoms with Crippen molar-refractivity contribution in [2.24, 2.45) is 11.7 Å². The number of carbonyl (C=O) groups is 4. The summed E-state index contributed by atoms with van der Waals surface area (Å²) in [6.45, 7) is 8.34. The molecule has 0 aromatic carbocycles. The predicted molar refractivity (Wildman–Crippen MR) is 122 cm³/mol. The van der Waals surface area contributed by atoms with Gasteiger partial charge in [0, 0.05) is 26.6 Å². The highest BCUT2D eigenvalue weighted by Crippen LogP contribution is 2.20. The average molecular weight is 454 g/mol. The summed E-state index contributed by atoms with van der Waals surface area (Å²) in [7, 11) is 0. The van der Waals surface area contributed by atoms with Crippen LogP contribution in [0.2, 0.25) is 0 Å². The molecule has 1 heterocycles. The fourth-order valence-corrected chi connectivity index (χ4v) is 3.80. The van der Waals surface area contributed by atoms with E-state index in [0.717, 1.165) is 0 Å².